The van der Waals surface area contributed by atoms with E-state index in [9.17, 15) is 14.4 Å². The quantitative estimate of drug-likeness (QED) is 0.193. The van der Waals surface area contributed by atoms with E-state index in [1.807, 2.05) is 54.5 Å². The highest BCUT2D eigenvalue weighted by atomic mass is 16.2. The summed E-state index contributed by atoms with van der Waals surface area (Å²) in [6.07, 6.45) is 11.4. The number of aromatic amines is 3. The van der Waals surface area contributed by atoms with Crippen molar-refractivity contribution in [2.75, 3.05) is 39.3 Å². The van der Waals surface area contributed by atoms with Crippen LogP contribution in [0.5, 0.6) is 0 Å². The molecule has 8 rings (SSSR count). The van der Waals surface area contributed by atoms with Crippen LogP contribution >= 0.6 is 0 Å². The number of aromatic nitrogens is 5. The molecular formula is C39H47N9O3. The van der Waals surface area contributed by atoms with Crippen LogP contribution < -0.4 is 10.9 Å². The molecular weight excluding hydrogens is 642 g/mol. The molecule has 0 aliphatic carbocycles. The molecule has 3 aromatic heterocycles. The van der Waals surface area contributed by atoms with Gasteiger partial charge in [-0.1, -0.05) is 24.3 Å². The molecule has 0 spiro atoms. The Balaban J connectivity index is 0.921. The highest BCUT2D eigenvalue weighted by molar-refractivity contribution is 5.88. The topological polar surface area (TPSA) is 146 Å². The van der Waals surface area contributed by atoms with Crippen molar-refractivity contribution < 1.29 is 9.59 Å². The fourth-order valence-electron chi connectivity index (χ4n) is 8.68. The zero-order valence-electron chi connectivity index (χ0n) is 29.2. The molecule has 3 aliphatic heterocycles. The Morgan fingerprint density at radius 1 is 0.902 bits per heavy atom. The number of amides is 3. The summed E-state index contributed by atoms with van der Waals surface area (Å²) >= 11 is 0. The minimum absolute atomic E-state index is 0.0270. The van der Waals surface area contributed by atoms with E-state index in [4.69, 9.17) is 0 Å². The van der Waals surface area contributed by atoms with E-state index >= 15 is 0 Å². The highest BCUT2D eigenvalue weighted by Crippen LogP contribution is 2.30. The van der Waals surface area contributed by atoms with Crippen molar-refractivity contribution in [2.45, 2.75) is 75.8 Å². The number of pyridine rings is 1. The van der Waals surface area contributed by atoms with Gasteiger partial charge in [0.15, 0.2) is 0 Å². The Bertz CT molecular complexity index is 2050. The SMILES string of the molecule is Cc1cc(C[C@H](NC(=O)N2CCC(c3cc4ccccc4[nH]c3=O)CC2)C(=O)N2CCC(N3CCC(c4ncc[nH]4)CC3)CC2)cc2cn[nH]c12. The highest BCUT2D eigenvalue weighted by Gasteiger charge is 2.35. The maximum absolute atomic E-state index is 14.3. The monoisotopic (exact) mass is 689 g/mol. The summed E-state index contributed by atoms with van der Waals surface area (Å²) in [7, 11) is 0. The van der Waals surface area contributed by atoms with E-state index < -0.39 is 6.04 Å². The number of aryl methyl sites for hydroxylation is 1. The van der Waals surface area contributed by atoms with E-state index in [0.717, 1.165) is 83.1 Å². The molecule has 266 valence electrons. The summed E-state index contributed by atoms with van der Waals surface area (Å²) in [5, 5.41) is 12.4. The first-order chi connectivity index (χ1) is 24.9. The van der Waals surface area contributed by atoms with Crippen molar-refractivity contribution >= 4 is 33.7 Å². The number of nitrogens with one attached hydrogen (secondary N) is 4. The molecule has 3 amide bonds. The second-order valence-electron chi connectivity index (χ2n) is 14.7. The van der Waals surface area contributed by atoms with Crippen LogP contribution in [-0.2, 0) is 11.2 Å². The average Bonchev–Trinajstić information content (AvgIpc) is 3.88. The first kappa shape index (κ1) is 33.2. The van der Waals surface area contributed by atoms with E-state index in [-0.39, 0.29) is 23.4 Å². The fraction of sp³-hybridized carbons (Fsp3) is 0.462. The first-order valence-corrected chi connectivity index (χ1v) is 18.5. The smallest absolute Gasteiger partial charge is 0.318 e. The largest absolute Gasteiger partial charge is 0.348 e. The molecule has 0 unspecified atom stereocenters. The number of hydrogen-bond acceptors (Lipinski definition) is 6. The van der Waals surface area contributed by atoms with Crippen LogP contribution in [0.15, 0.2) is 65.8 Å². The Morgan fingerprint density at radius 3 is 2.41 bits per heavy atom. The molecule has 1 atom stereocenters. The van der Waals surface area contributed by atoms with Crippen molar-refractivity contribution in [1.82, 2.24) is 45.2 Å². The molecule has 51 heavy (non-hydrogen) atoms. The maximum atomic E-state index is 14.3. The Morgan fingerprint density at radius 2 is 1.65 bits per heavy atom. The zero-order valence-corrected chi connectivity index (χ0v) is 29.2. The van der Waals surface area contributed by atoms with Crippen LogP contribution in [0.2, 0.25) is 0 Å². The van der Waals surface area contributed by atoms with Crippen LogP contribution in [0.25, 0.3) is 21.8 Å². The number of piperidine rings is 3. The third-order valence-corrected chi connectivity index (χ3v) is 11.6. The number of H-pyrrole nitrogens is 3. The summed E-state index contributed by atoms with van der Waals surface area (Å²) in [5.74, 6) is 1.62. The second kappa shape index (κ2) is 14.3. The maximum Gasteiger partial charge on any atom is 0.318 e. The van der Waals surface area contributed by atoms with Crippen molar-refractivity contribution in [2.24, 2.45) is 0 Å². The van der Waals surface area contributed by atoms with E-state index in [2.05, 4.69) is 47.5 Å². The lowest BCUT2D eigenvalue weighted by Crippen LogP contribution is -2.56. The summed E-state index contributed by atoms with van der Waals surface area (Å²) in [5.41, 5.74) is 4.57. The van der Waals surface area contributed by atoms with Gasteiger partial charge in [-0.05, 0) is 99.2 Å². The van der Waals surface area contributed by atoms with Crippen molar-refractivity contribution in [1.29, 1.82) is 0 Å². The minimum Gasteiger partial charge on any atom is -0.348 e. The number of fused-ring (bicyclic) bond motifs is 2. The lowest BCUT2D eigenvalue weighted by atomic mass is 9.89. The number of nitrogens with zero attached hydrogens (tertiary/aromatic N) is 5. The number of urea groups is 1. The molecule has 0 bridgehead atoms. The van der Waals surface area contributed by atoms with Gasteiger partial charge < -0.3 is 30.0 Å². The number of carbonyl (C=O) groups excluding carboxylic acids is 2. The number of likely N-dealkylation sites (tertiary alicyclic amines) is 3. The third kappa shape index (κ3) is 7.01. The van der Waals surface area contributed by atoms with Crippen LogP contribution in [0, 0.1) is 6.92 Å². The van der Waals surface area contributed by atoms with Crippen molar-refractivity contribution in [3.05, 3.63) is 93.9 Å². The molecule has 3 fully saturated rings. The van der Waals surface area contributed by atoms with Crippen LogP contribution in [0.4, 0.5) is 4.79 Å². The molecule has 0 saturated carbocycles. The summed E-state index contributed by atoms with van der Waals surface area (Å²) in [6.45, 7) is 6.53. The van der Waals surface area contributed by atoms with Gasteiger partial charge in [-0.3, -0.25) is 14.7 Å². The average molecular weight is 690 g/mol. The number of rotatable bonds is 7. The molecule has 12 nitrogen and oxygen atoms in total. The molecule has 4 N–H and O–H groups in total. The summed E-state index contributed by atoms with van der Waals surface area (Å²) in [4.78, 5) is 58.2. The number of para-hydroxylation sites is 1. The summed E-state index contributed by atoms with van der Waals surface area (Å²) < 4.78 is 0. The van der Waals surface area contributed by atoms with Crippen LogP contribution in [0.3, 0.4) is 0 Å². The Labute approximate surface area is 297 Å². The van der Waals surface area contributed by atoms with Gasteiger partial charge in [-0.2, -0.15) is 5.10 Å². The zero-order chi connectivity index (χ0) is 34.9. The third-order valence-electron chi connectivity index (χ3n) is 11.6. The van der Waals surface area contributed by atoms with Crippen molar-refractivity contribution in [3.63, 3.8) is 0 Å². The summed E-state index contributed by atoms with van der Waals surface area (Å²) in [6, 6.07) is 13.5. The molecule has 3 aliphatic rings. The van der Waals surface area contributed by atoms with Gasteiger partial charge in [-0.25, -0.2) is 9.78 Å². The van der Waals surface area contributed by atoms with Gasteiger partial charge in [-0.15, -0.1) is 0 Å². The lowest BCUT2D eigenvalue weighted by molar-refractivity contribution is -0.135. The van der Waals surface area contributed by atoms with Crippen molar-refractivity contribution in [3.8, 4) is 0 Å². The molecule has 6 heterocycles. The van der Waals surface area contributed by atoms with Gasteiger partial charge in [0.2, 0.25) is 5.91 Å². The standard InChI is InChI=1S/C39H47N9O3/c1-25-20-26(21-30-24-42-45-35(25)30)22-34(38(50)47-18-10-31(11-19-47)46-14-8-28(9-15-46)36-40-12-13-41-36)44-39(51)48-16-6-27(7-17-48)32-23-29-4-2-3-5-33(29)43-37(32)49/h2-5,12-13,20-21,23-24,27-28,31,34H,6-11,14-19,22H2,1H3,(H,40,41)(H,42,45)(H,43,49)(H,44,51)/t34-/m0/s1. The fourth-order valence-corrected chi connectivity index (χ4v) is 8.68. The van der Waals surface area contributed by atoms with Gasteiger partial charge >= 0.3 is 6.03 Å². The Kier molecular flexibility index (Phi) is 9.33. The van der Waals surface area contributed by atoms with Gasteiger partial charge in [0.25, 0.3) is 5.56 Å². The number of imidazole rings is 1. The Hall–Kier alpha value is -4.97. The van der Waals surface area contributed by atoms with Gasteiger partial charge in [0.05, 0.1) is 11.7 Å². The van der Waals surface area contributed by atoms with Crippen LogP contribution in [0.1, 0.15) is 72.9 Å². The predicted molar refractivity (Wildman–Crippen MR) is 197 cm³/mol. The second-order valence-corrected chi connectivity index (χ2v) is 14.7. The van der Waals surface area contributed by atoms with E-state index in [0.29, 0.717) is 57.4 Å². The minimum atomic E-state index is -0.692. The molecule has 0 radical (unpaired) electrons. The normalized spacial score (nSPS) is 19.2. The van der Waals surface area contributed by atoms with E-state index in [1.54, 1.807) is 11.1 Å². The number of benzene rings is 2. The molecule has 2 aromatic carbocycles. The van der Waals surface area contributed by atoms with Crippen LogP contribution in [-0.4, -0.2) is 103 Å². The van der Waals surface area contributed by atoms with Gasteiger partial charge in [0.1, 0.15) is 11.9 Å². The van der Waals surface area contributed by atoms with Gasteiger partial charge in [0, 0.05) is 73.4 Å². The molecule has 12 heteroatoms. The number of hydrogen-bond donors (Lipinski definition) is 4. The predicted octanol–water partition coefficient (Wildman–Crippen LogP) is 4.81. The van der Waals surface area contributed by atoms with E-state index in [1.165, 1.54) is 0 Å². The first-order valence-electron chi connectivity index (χ1n) is 18.5. The lowest BCUT2D eigenvalue weighted by Gasteiger charge is -2.42. The number of carbonyl (C=O) groups is 2. The molecule has 3 saturated heterocycles. The molecule has 5 aromatic rings.